The van der Waals surface area contributed by atoms with Crippen molar-refractivity contribution in [1.82, 2.24) is 9.97 Å². The molecule has 1 aliphatic carbocycles. The van der Waals surface area contributed by atoms with Gasteiger partial charge in [-0.1, -0.05) is 12.1 Å². The Morgan fingerprint density at radius 2 is 2.04 bits per heavy atom. The van der Waals surface area contributed by atoms with E-state index in [2.05, 4.69) is 25.2 Å². The number of nitrogens with zero attached hydrogens (tertiary/aromatic N) is 3. The molecule has 0 spiro atoms. The third kappa shape index (κ3) is 3.75. The van der Waals surface area contributed by atoms with E-state index in [4.69, 9.17) is 0 Å². The first kappa shape index (κ1) is 17.8. The van der Waals surface area contributed by atoms with Crippen molar-refractivity contribution in [1.29, 1.82) is 0 Å². The zero-order chi connectivity index (χ0) is 18.8. The molecule has 0 unspecified atom stereocenters. The summed E-state index contributed by atoms with van der Waals surface area (Å²) in [5.74, 6) is 1.40. The second-order valence-electron chi connectivity index (χ2n) is 6.30. The van der Waals surface area contributed by atoms with Crippen molar-refractivity contribution in [2.24, 2.45) is 5.10 Å². The number of ether oxygens (including phenoxy) is 1. The summed E-state index contributed by atoms with van der Waals surface area (Å²) in [7, 11) is 0. The quantitative estimate of drug-likeness (QED) is 0.498. The average Bonchev–Trinajstić information content (AvgIpc) is 3.00. The van der Waals surface area contributed by atoms with Gasteiger partial charge in [0.1, 0.15) is 16.4 Å². The maximum atomic E-state index is 12.5. The van der Waals surface area contributed by atoms with Crippen LogP contribution in [0.1, 0.15) is 34.7 Å². The van der Waals surface area contributed by atoms with Crippen molar-refractivity contribution >= 4 is 33.6 Å². The van der Waals surface area contributed by atoms with E-state index < -0.39 is 6.61 Å². The number of thiophene rings is 1. The van der Waals surface area contributed by atoms with Gasteiger partial charge in [0.05, 0.1) is 11.6 Å². The standard InChI is InChI=1S/C19H18F2N4OS/c1-11-23-17(16-13-7-3-5-9-15(13)27-18(16)24-11)25-22-10-12-6-2-4-8-14(12)26-19(20)21/h2,4,6,8,10,19H,3,5,7,9H2,1H3,(H,23,24,25). The molecule has 0 amide bonds. The second-order valence-corrected chi connectivity index (χ2v) is 7.38. The van der Waals surface area contributed by atoms with Crippen molar-refractivity contribution in [3.63, 3.8) is 0 Å². The van der Waals surface area contributed by atoms with Crippen LogP contribution in [0.3, 0.4) is 0 Å². The van der Waals surface area contributed by atoms with Gasteiger partial charge in [0.25, 0.3) is 0 Å². The van der Waals surface area contributed by atoms with Crippen LogP contribution in [0.2, 0.25) is 0 Å². The molecule has 0 bridgehead atoms. The molecule has 4 rings (SSSR count). The first-order valence-electron chi connectivity index (χ1n) is 8.73. The van der Waals surface area contributed by atoms with E-state index in [1.807, 2.05) is 6.92 Å². The number of halogens is 2. The summed E-state index contributed by atoms with van der Waals surface area (Å²) in [5, 5.41) is 5.24. The number of aryl methyl sites for hydroxylation is 3. The van der Waals surface area contributed by atoms with Crippen LogP contribution < -0.4 is 10.2 Å². The molecule has 1 aliphatic rings. The molecule has 0 aliphatic heterocycles. The highest BCUT2D eigenvalue weighted by molar-refractivity contribution is 7.19. The first-order valence-corrected chi connectivity index (χ1v) is 9.55. The molecule has 0 radical (unpaired) electrons. The highest BCUT2D eigenvalue weighted by atomic mass is 32.1. The monoisotopic (exact) mass is 388 g/mol. The SMILES string of the molecule is Cc1nc(NN=Cc2ccccc2OC(F)F)c2c3c(sc2n1)CCCC3. The lowest BCUT2D eigenvalue weighted by molar-refractivity contribution is -0.0499. The summed E-state index contributed by atoms with van der Waals surface area (Å²) in [4.78, 5) is 11.4. The lowest BCUT2D eigenvalue weighted by Crippen LogP contribution is -2.05. The van der Waals surface area contributed by atoms with Crippen LogP contribution in [-0.4, -0.2) is 22.8 Å². The highest BCUT2D eigenvalue weighted by Crippen LogP contribution is 2.38. The number of rotatable bonds is 5. The Hall–Kier alpha value is -2.61. The molecule has 27 heavy (non-hydrogen) atoms. The minimum atomic E-state index is -2.88. The number of alkyl halides is 2. The topological polar surface area (TPSA) is 59.4 Å². The fourth-order valence-corrected chi connectivity index (χ4v) is 4.61. The molecule has 2 heterocycles. The average molecular weight is 388 g/mol. The van der Waals surface area contributed by atoms with E-state index in [0.717, 1.165) is 29.5 Å². The van der Waals surface area contributed by atoms with Crippen LogP contribution in [0.15, 0.2) is 29.4 Å². The summed E-state index contributed by atoms with van der Waals surface area (Å²) in [6.45, 7) is -1.03. The van der Waals surface area contributed by atoms with Gasteiger partial charge in [-0.2, -0.15) is 13.9 Å². The van der Waals surface area contributed by atoms with E-state index in [1.165, 1.54) is 29.1 Å². The van der Waals surface area contributed by atoms with Crippen LogP contribution in [0.25, 0.3) is 10.2 Å². The molecule has 1 N–H and O–H groups in total. The number of hydrogen-bond donors (Lipinski definition) is 1. The fraction of sp³-hybridized carbons (Fsp3) is 0.316. The highest BCUT2D eigenvalue weighted by Gasteiger charge is 2.20. The number of anilines is 1. The number of hydrazone groups is 1. The maximum absolute atomic E-state index is 12.5. The van der Waals surface area contributed by atoms with Crippen LogP contribution in [0.5, 0.6) is 5.75 Å². The van der Waals surface area contributed by atoms with Crippen LogP contribution in [-0.2, 0) is 12.8 Å². The third-order valence-corrected chi connectivity index (χ3v) is 5.62. The smallest absolute Gasteiger partial charge is 0.387 e. The Labute approximate surface area is 159 Å². The van der Waals surface area contributed by atoms with Gasteiger partial charge in [-0.15, -0.1) is 11.3 Å². The van der Waals surface area contributed by atoms with Crippen LogP contribution in [0.4, 0.5) is 14.6 Å². The molecule has 0 saturated carbocycles. The minimum absolute atomic E-state index is 0.0787. The van der Waals surface area contributed by atoms with Gasteiger partial charge in [-0.25, -0.2) is 9.97 Å². The van der Waals surface area contributed by atoms with Gasteiger partial charge in [-0.05, 0) is 50.3 Å². The van der Waals surface area contributed by atoms with E-state index in [9.17, 15) is 8.78 Å². The number of para-hydroxylation sites is 1. The number of aromatic nitrogens is 2. The lowest BCUT2D eigenvalue weighted by atomic mass is 9.97. The molecule has 8 heteroatoms. The largest absolute Gasteiger partial charge is 0.434 e. The molecule has 1 aromatic carbocycles. The third-order valence-electron chi connectivity index (χ3n) is 4.44. The molecule has 5 nitrogen and oxygen atoms in total. The molecule has 3 aromatic rings. The Balaban J connectivity index is 1.65. The molecular weight excluding hydrogens is 370 g/mol. The summed E-state index contributed by atoms with van der Waals surface area (Å²) in [5.41, 5.74) is 4.74. The Morgan fingerprint density at radius 1 is 1.22 bits per heavy atom. The predicted molar refractivity (Wildman–Crippen MR) is 103 cm³/mol. The summed E-state index contributed by atoms with van der Waals surface area (Å²) in [6, 6.07) is 6.52. The van der Waals surface area contributed by atoms with Crippen molar-refractivity contribution in [3.05, 3.63) is 46.1 Å². The second kappa shape index (κ2) is 7.56. The molecule has 2 aromatic heterocycles. The predicted octanol–water partition coefficient (Wildman–Crippen LogP) is 4.93. The summed E-state index contributed by atoms with van der Waals surface area (Å²) in [6.07, 6.45) is 5.92. The lowest BCUT2D eigenvalue weighted by Gasteiger charge is -2.11. The van der Waals surface area contributed by atoms with Gasteiger partial charge in [0, 0.05) is 10.4 Å². The minimum Gasteiger partial charge on any atom is -0.434 e. The maximum Gasteiger partial charge on any atom is 0.387 e. The van der Waals surface area contributed by atoms with Crippen molar-refractivity contribution in [3.8, 4) is 5.75 Å². The zero-order valence-electron chi connectivity index (χ0n) is 14.7. The van der Waals surface area contributed by atoms with Crippen molar-refractivity contribution in [2.75, 3.05) is 5.43 Å². The van der Waals surface area contributed by atoms with E-state index in [-0.39, 0.29) is 5.75 Å². The van der Waals surface area contributed by atoms with E-state index in [1.54, 1.807) is 29.5 Å². The van der Waals surface area contributed by atoms with E-state index in [0.29, 0.717) is 17.2 Å². The van der Waals surface area contributed by atoms with Gasteiger partial charge < -0.3 is 4.74 Å². The number of nitrogens with one attached hydrogen (secondary N) is 1. The normalized spacial score (nSPS) is 14.1. The molecule has 140 valence electrons. The van der Waals surface area contributed by atoms with Crippen molar-refractivity contribution < 1.29 is 13.5 Å². The van der Waals surface area contributed by atoms with Gasteiger partial charge in [0.2, 0.25) is 0 Å². The molecular formula is C19H18F2N4OS. The number of fused-ring (bicyclic) bond motifs is 3. The fourth-order valence-electron chi connectivity index (χ4n) is 3.30. The molecule has 0 atom stereocenters. The van der Waals surface area contributed by atoms with Crippen LogP contribution in [0, 0.1) is 6.92 Å². The number of hydrogen-bond acceptors (Lipinski definition) is 6. The Morgan fingerprint density at radius 3 is 2.89 bits per heavy atom. The van der Waals surface area contributed by atoms with Gasteiger partial charge >= 0.3 is 6.61 Å². The van der Waals surface area contributed by atoms with Gasteiger partial charge in [0.15, 0.2) is 5.82 Å². The molecule has 0 saturated heterocycles. The van der Waals surface area contributed by atoms with Crippen molar-refractivity contribution in [2.45, 2.75) is 39.2 Å². The van der Waals surface area contributed by atoms with Gasteiger partial charge in [-0.3, -0.25) is 5.43 Å². The Kier molecular flexibility index (Phi) is 4.98. The summed E-state index contributed by atoms with van der Waals surface area (Å²) >= 11 is 1.72. The molecule has 0 fully saturated rings. The van der Waals surface area contributed by atoms with E-state index >= 15 is 0 Å². The Bertz CT molecular complexity index is 1000. The number of benzene rings is 1. The zero-order valence-corrected chi connectivity index (χ0v) is 15.5. The summed E-state index contributed by atoms with van der Waals surface area (Å²) < 4.78 is 29.6. The first-order chi connectivity index (χ1) is 13.1. The van der Waals surface area contributed by atoms with Crippen LogP contribution >= 0.6 is 11.3 Å².